The number of alkyl halides is 3. The predicted molar refractivity (Wildman–Crippen MR) is 62.1 cm³/mol. The van der Waals surface area contributed by atoms with Crippen LogP contribution in [0.2, 0.25) is 0 Å². The highest BCUT2D eigenvalue weighted by molar-refractivity contribution is 5.28. The van der Waals surface area contributed by atoms with E-state index in [-0.39, 0.29) is 11.8 Å². The van der Waals surface area contributed by atoms with Crippen molar-refractivity contribution in [3.8, 4) is 5.75 Å². The Morgan fingerprint density at radius 3 is 2.33 bits per heavy atom. The van der Waals surface area contributed by atoms with Crippen LogP contribution in [0.3, 0.4) is 0 Å². The molecule has 0 radical (unpaired) electrons. The van der Waals surface area contributed by atoms with Gasteiger partial charge >= 0.3 is 6.36 Å². The highest BCUT2D eigenvalue weighted by atomic mass is 19.4. The first-order chi connectivity index (χ1) is 8.35. The van der Waals surface area contributed by atoms with Gasteiger partial charge in [0.15, 0.2) is 0 Å². The topological polar surface area (TPSA) is 35.2 Å². The zero-order valence-electron chi connectivity index (χ0n) is 10.1. The van der Waals surface area contributed by atoms with Crippen LogP contribution in [0.5, 0.6) is 5.75 Å². The van der Waals surface area contributed by atoms with E-state index in [1.54, 1.807) is 12.1 Å². The van der Waals surface area contributed by atoms with Crippen LogP contribution in [-0.4, -0.2) is 12.4 Å². The maximum absolute atomic E-state index is 12.0. The molecule has 1 fully saturated rings. The summed E-state index contributed by atoms with van der Waals surface area (Å²) in [5.41, 5.74) is 6.97. The second-order valence-electron chi connectivity index (χ2n) is 4.94. The van der Waals surface area contributed by atoms with E-state index in [0.29, 0.717) is 18.3 Å². The van der Waals surface area contributed by atoms with Crippen LogP contribution in [0.15, 0.2) is 24.3 Å². The lowest BCUT2D eigenvalue weighted by Crippen LogP contribution is -2.25. The molecule has 1 saturated carbocycles. The number of hydrogen-bond acceptors (Lipinski definition) is 2. The largest absolute Gasteiger partial charge is 0.573 e. The molecular weight excluding hydrogens is 243 g/mol. The standard InChI is InChI=1S/C13H16F3NO/c1-8-6-11(8)12(17)7-9-2-4-10(5-3-9)18-13(14,15)16/h2-5,8,11-12H,6-7,17H2,1H3. The molecule has 0 heterocycles. The van der Waals surface area contributed by atoms with Crippen LogP contribution in [0, 0.1) is 11.8 Å². The van der Waals surface area contributed by atoms with Gasteiger partial charge < -0.3 is 10.5 Å². The fourth-order valence-corrected chi connectivity index (χ4v) is 2.20. The van der Waals surface area contributed by atoms with Gasteiger partial charge in [0.25, 0.3) is 0 Å². The molecule has 3 atom stereocenters. The second kappa shape index (κ2) is 4.80. The second-order valence-corrected chi connectivity index (χ2v) is 4.94. The number of benzene rings is 1. The average molecular weight is 259 g/mol. The quantitative estimate of drug-likeness (QED) is 0.901. The molecule has 1 aliphatic carbocycles. The normalized spacial score (nSPS) is 24.7. The lowest BCUT2D eigenvalue weighted by Gasteiger charge is -2.12. The van der Waals surface area contributed by atoms with Crippen molar-refractivity contribution in [1.29, 1.82) is 0 Å². The molecule has 2 nitrogen and oxygen atoms in total. The summed E-state index contributed by atoms with van der Waals surface area (Å²) in [5.74, 6) is 1.03. The van der Waals surface area contributed by atoms with Gasteiger partial charge in [-0.2, -0.15) is 0 Å². The third-order valence-electron chi connectivity index (χ3n) is 3.35. The van der Waals surface area contributed by atoms with E-state index >= 15 is 0 Å². The van der Waals surface area contributed by atoms with E-state index in [1.165, 1.54) is 12.1 Å². The fourth-order valence-electron chi connectivity index (χ4n) is 2.20. The highest BCUT2D eigenvalue weighted by Crippen LogP contribution is 2.40. The summed E-state index contributed by atoms with van der Waals surface area (Å²) >= 11 is 0. The van der Waals surface area contributed by atoms with Crippen molar-refractivity contribution in [3.63, 3.8) is 0 Å². The molecule has 1 aromatic carbocycles. The van der Waals surface area contributed by atoms with Crippen molar-refractivity contribution in [2.24, 2.45) is 17.6 Å². The molecule has 0 amide bonds. The molecule has 2 N–H and O–H groups in total. The Kier molecular flexibility index (Phi) is 3.52. The molecule has 1 aliphatic rings. The molecule has 0 saturated heterocycles. The van der Waals surface area contributed by atoms with Gasteiger partial charge in [0.2, 0.25) is 0 Å². The molecule has 0 bridgehead atoms. The van der Waals surface area contributed by atoms with Crippen molar-refractivity contribution >= 4 is 0 Å². The Hall–Kier alpha value is -1.23. The Balaban J connectivity index is 1.91. The minimum absolute atomic E-state index is 0.0920. The zero-order valence-corrected chi connectivity index (χ0v) is 10.1. The Morgan fingerprint density at radius 1 is 1.33 bits per heavy atom. The molecule has 18 heavy (non-hydrogen) atoms. The van der Waals surface area contributed by atoms with E-state index in [1.807, 2.05) is 0 Å². The smallest absolute Gasteiger partial charge is 0.406 e. The summed E-state index contributed by atoms with van der Waals surface area (Å²) in [5, 5.41) is 0. The SMILES string of the molecule is CC1CC1C(N)Cc1ccc(OC(F)(F)F)cc1. The zero-order chi connectivity index (χ0) is 13.3. The van der Waals surface area contributed by atoms with Gasteiger partial charge in [-0.15, -0.1) is 13.2 Å². The molecule has 1 aromatic rings. The summed E-state index contributed by atoms with van der Waals surface area (Å²) in [7, 11) is 0. The Morgan fingerprint density at radius 2 is 1.89 bits per heavy atom. The number of halogens is 3. The molecule has 5 heteroatoms. The predicted octanol–water partition coefficient (Wildman–Crippen LogP) is 3.11. The summed E-state index contributed by atoms with van der Waals surface area (Å²) in [6, 6.07) is 6.01. The molecule has 0 spiro atoms. The van der Waals surface area contributed by atoms with Gasteiger partial charge in [0.1, 0.15) is 5.75 Å². The number of nitrogens with two attached hydrogens (primary N) is 1. The first-order valence-corrected chi connectivity index (χ1v) is 5.95. The van der Waals surface area contributed by atoms with Gasteiger partial charge in [-0.05, 0) is 42.4 Å². The molecule has 100 valence electrons. The fraction of sp³-hybridized carbons (Fsp3) is 0.538. The molecular formula is C13H16F3NO. The van der Waals surface area contributed by atoms with E-state index in [2.05, 4.69) is 11.7 Å². The van der Waals surface area contributed by atoms with Crippen LogP contribution < -0.4 is 10.5 Å². The van der Waals surface area contributed by atoms with Crippen molar-refractivity contribution in [2.45, 2.75) is 32.2 Å². The first-order valence-electron chi connectivity index (χ1n) is 5.95. The van der Waals surface area contributed by atoms with Gasteiger partial charge in [0, 0.05) is 6.04 Å². The van der Waals surface area contributed by atoms with Crippen LogP contribution in [0.1, 0.15) is 18.9 Å². The van der Waals surface area contributed by atoms with Crippen LogP contribution in [0.25, 0.3) is 0 Å². The number of hydrogen-bond donors (Lipinski definition) is 1. The van der Waals surface area contributed by atoms with E-state index in [9.17, 15) is 13.2 Å². The van der Waals surface area contributed by atoms with Crippen molar-refractivity contribution in [1.82, 2.24) is 0 Å². The minimum atomic E-state index is -4.64. The minimum Gasteiger partial charge on any atom is -0.406 e. The van der Waals surface area contributed by atoms with E-state index < -0.39 is 6.36 Å². The monoisotopic (exact) mass is 259 g/mol. The Bertz CT molecular complexity index is 402. The van der Waals surface area contributed by atoms with Crippen molar-refractivity contribution < 1.29 is 17.9 Å². The molecule has 2 rings (SSSR count). The average Bonchev–Trinajstić information content (AvgIpc) is 2.96. The van der Waals surface area contributed by atoms with Gasteiger partial charge in [0.05, 0.1) is 0 Å². The summed E-state index contributed by atoms with van der Waals surface area (Å²) in [6.45, 7) is 2.16. The van der Waals surface area contributed by atoms with E-state index in [0.717, 1.165) is 12.0 Å². The number of rotatable bonds is 4. The van der Waals surface area contributed by atoms with Crippen LogP contribution in [0.4, 0.5) is 13.2 Å². The lowest BCUT2D eigenvalue weighted by molar-refractivity contribution is -0.274. The summed E-state index contributed by atoms with van der Waals surface area (Å²) < 4.78 is 39.7. The Labute approximate surface area is 104 Å². The maximum Gasteiger partial charge on any atom is 0.573 e. The molecule has 3 unspecified atom stereocenters. The third kappa shape index (κ3) is 3.63. The maximum atomic E-state index is 12.0. The van der Waals surface area contributed by atoms with Crippen molar-refractivity contribution in [2.75, 3.05) is 0 Å². The van der Waals surface area contributed by atoms with Crippen LogP contribution in [-0.2, 0) is 6.42 Å². The third-order valence-corrected chi connectivity index (χ3v) is 3.35. The lowest BCUT2D eigenvalue weighted by atomic mass is 10.0. The van der Waals surface area contributed by atoms with Crippen LogP contribution >= 0.6 is 0 Å². The first kappa shape index (κ1) is 13.2. The highest BCUT2D eigenvalue weighted by Gasteiger charge is 2.37. The summed E-state index contributed by atoms with van der Waals surface area (Å²) in [6.07, 6.45) is -2.79. The van der Waals surface area contributed by atoms with Gasteiger partial charge in [-0.25, -0.2) is 0 Å². The van der Waals surface area contributed by atoms with Gasteiger partial charge in [-0.1, -0.05) is 19.1 Å². The van der Waals surface area contributed by atoms with Gasteiger partial charge in [-0.3, -0.25) is 0 Å². The number of ether oxygens (including phenoxy) is 1. The van der Waals surface area contributed by atoms with Crippen molar-refractivity contribution in [3.05, 3.63) is 29.8 Å². The van der Waals surface area contributed by atoms with E-state index in [4.69, 9.17) is 5.73 Å². The molecule has 0 aromatic heterocycles. The summed E-state index contributed by atoms with van der Waals surface area (Å²) in [4.78, 5) is 0. The molecule has 0 aliphatic heterocycles.